The molecule has 0 N–H and O–H groups in total. The van der Waals surface area contributed by atoms with Crippen LogP contribution in [0.3, 0.4) is 0 Å². The maximum atomic E-state index is 14.2. The van der Waals surface area contributed by atoms with Gasteiger partial charge in [0, 0.05) is 6.42 Å². The first-order valence-corrected chi connectivity index (χ1v) is 12.0. The predicted molar refractivity (Wildman–Crippen MR) is 123 cm³/mol. The van der Waals surface area contributed by atoms with Gasteiger partial charge in [-0.1, -0.05) is 70.2 Å². The molecule has 1 unspecified atom stereocenters. The van der Waals surface area contributed by atoms with E-state index in [-0.39, 0.29) is 29.5 Å². The summed E-state index contributed by atoms with van der Waals surface area (Å²) in [5, 5.41) is 0. The Morgan fingerprint density at radius 3 is 2.13 bits per heavy atom. The molecule has 0 aliphatic carbocycles. The molecular formula is C25H32FNO3S. The number of rotatable bonds is 4. The SMILES string of the molecule is C[C@H](CC1=NS(=O)(=O)C(C)(c2ccc(C(C)(C)C)cc2)C(C)(C)O1)c1ccccc1F. The van der Waals surface area contributed by atoms with Gasteiger partial charge in [-0.15, -0.1) is 4.40 Å². The Labute approximate surface area is 185 Å². The van der Waals surface area contributed by atoms with E-state index in [2.05, 4.69) is 25.2 Å². The third kappa shape index (κ3) is 4.14. The van der Waals surface area contributed by atoms with Crippen molar-refractivity contribution in [1.29, 1.82) is 0 Å². The van der Waals surface area contributed by atoms with Gasteiger partial charge >= 0.3 is 0 Å². The van der Waals surface area contributed by atoms with E-state index >= 15 is 0 Å². The second kappa shape index (κ2) is 7.73. The molecule has 2 atom stereocenters. The number of benzene rings is 2. The molecule has 168 valence electrons. The van der Waals surface area contributed by atoms with Crippen molar-refractivity contribution in [2.75, 3.05) is 0 Å². The van der Waals surface area contributed by atoms with Crippen LogP contribution in [0.5, 0.6) is 0 Å². The Balaban J connectivity index is 1.98. The van der Waals surface area contributed by atoms with Crippen molar-refractivity contribution in [2.24, 2.45) is 4.40 Å². The summed E-state index contributed by atoms with van der Waals surface area (Å²) in [6, 6.07) is 14.1. The number of nitrogens with zero attached hydrogens (tertiary/aromatic N) is 1. The average Bonchev–Trinajstić information content (AvgIpc) is 2.65. The van der Waals surface area contributed by atoms with E-state index in [1.54, 1.807) is 39.0 Å². The lowest BCUT2D eigenvalue weighted by Crippen LogP contribution is -2.55. The molecule has 0 fully saturated rings. The van der Waals surface area contributed by atoms with Crippen LogP contribution in [0.1, 0.15) is 77.5 Å². The molecule has 6 heteroatoms. The van der Waals surface area contributed by atoms with E-state index in [0.717, 1.165) is 5.56 Å². The van der Waals surface area contributed by atoms with Crippen LogP contribution >= 0.6 is 0 Å². The predicted octanol–water partition coefficient (Wildman–Crippen LogP) is 6.07. The lowest BCUT2D eigenvalue weighted by atomic mass is 9.81. The van der Waals surface area contributed by atoms with E-state index in [1.807, 2.05) is 31.2 Å². The van der Waals surface area contributed by atoms with Crippen molar-refractivity contribution in [3.8, 4) is 0 Å². The highest BCUT2D eigenvalue weighted by atomic mass is 32.2. The topological polar surface area (TPSA) is 55.7 Å². The minimum Gasteiger partial charge on any atom is -0.472 e. The van der Waals surface area contributed by atoms with Gasteiger partial charge in [-0.05, 0) is 54.9 Å². The molecule has 1 heterocycles. The van der Waals surface area contributed by atoms with Crippen LogP contribution in [-0.4, -0.2) is 19.9 Å². The van der Waals surface area contributed by atoms with E-state index in [1.165, 1.54) is 6.07 Å². The summed E-state index contributed by atoms with van der Waals surface area (Å²) < 4.78 is 49.9. The van der Waals surface area contributed by atoms with Crippen molar-refractivity contribution in [2.45, 2.75) is 76.6 Å². The molecule has 0 saturated heterocycles. The summed E-state index contributed by atoms with van der Waals surface area (Å²) in [4.78, 5) is 0. The molecule has 0 spiro atoms. The van der Waals surface area contributed by atoms with E-state index in [9.17, 15) is 12.8 Å². The lowest BCUT2D eigenvalue weighted by Gasteiger charge is -2.45. The standard InChI is InChI=1S/C25H32FNO3S/c1-17(20-10-8-9-11-21(20)26)16-22-27-31(28,29)25(7,24(5,6)30-22)19-14-12-18(13-15-19)23(2,3)4/h8-15,17H,16H2,1-7H3/t17-,25?/m1/s1. The summed E-state index contributed by atoms with van der Waals surface area (Å²) in [5.74, 6) is -0.483. The van der Waals surface area contributed by atoms with Crippen LogP contribution in [-0.2, 0) is 24.9 Å². The van der Waals surface area contributed by atoms with Crippen molar-refractivity contribution in [3.63, 3.8) is 0 Å². The highest BCUT2D eigenvalue weighted by Crippen LogP contribution is 2.47. The second-order valence-corrected chi connectivity index (χ2v) is 12.0. The monoisotopic (exact) mass is 445 g/mol. The quantitative estimate of drug-likeness (QED) is 0.574. The summed E-state index contributed by atoms with van der Waals surface area (Å²) in [6.07, 6.45) is 0.197. The zero-order valence-corrected chi connectivity index (χ0v) is 20.2. The number of sulfonamides is 1. The van der Waals surface area contributed by atoms with E-state index in [0.29, 0.717) is 11.1 Å². The zero-order valence-electron chi connectivity index (χ0n) is 19.4. The van der Waals surface area contributed by atoms with Crippen LogP contribution in [0.15, 0.2) is 52.9 Å². The zero-order chi connectivity index (χ0) is 23.2. The fourth-order valence-corrected chi connectivity index (χ4v) is 5.72. The van der Waals surface area contributed by atoms with Gasteiger partial charge in [-0.3, -0.25) is 0 Å². The van der Waals surface area contributed by atoms with Crippen LogP contribution in [0.4, 0.5) is 4.39 Å². The smallest absolute Gasteiger partial charge is 0.269 e. The molecule has 2 aromatic rings. The third-order valence-corrected chi connectivity index (χ3v) is 8.68. The van der Waals surface area contributed by atoms with E-state index < -0.39 is 20.4 Å². The van der Waals surface area contributed by atoms with Crippen molar-refractivity contribution in [1.82, 2.24) is 0 Å². The highest BCUT2D eigenvalue weighted by Gasteiger charge is 2.58. The van der Waals surface area contributed by atoms with Gasteiger partial charge in [0.25, 0.3) is 10.0 Å². The first-order valence-electron chi connectivity index (χ1n) is 10.6. The molecule has 0 amide bonds. The summed E-state index contributed by atoms with van der Waals surface area (Å²) >= 11 is 0. The summed E-state index contributed by atoms with van der Waals surface area (Å²) in [6.45, 7) is 13.4. The molecule has 1 aliphatic heterocycles. The number of halogens is 1. The molecule has 3 rings (SSSR count). The van der Waals surface area contributed by atoms with Crippen LogP contribution in [0.2, 0.25) is 0 Å². The van der Waals surface area contributed by atoms with Gasteiger partial charge in [-0.25, -0.2) is 12.8 Å². The van der Waals surface area contributed by atoms with Gasteiger partial charge in [0.15, 0.2) is 4.75 Å². The molecule has 0 radical (unpaired) electrons. The Kier molecular flexibility index (Phi) is 5.85. The molecule has 4 nitrogen and oxygen atoms in total. The fraction of sp³-hybridized carbons (Fsp3) is 0.480. The summed E-state index contributed by atoms with van der Waals surface area (Å²) in [5.41, 5.74) is 1.16. The molecule has 0 aromatic heterocycles. The minimum atomic E-state index is -3.95. The van der Waals surface area contributed by atoms with Crippen molar-refractivity contribution >= 4 is 15.9 Å². The first-order chi connectivity index (χ1) is 14.2. The Morgan fingerprint density at radius 1 is 1.03 bits per heavy atom. The largest absolute Gasteiger partial charge is 0.472 e. The maximum Gasteiger partial charge on any atom is 0.269 e. The molecule has 0 saturated carbocycles. The minimum absolute atomic E-state index is 0.0366. The molecule has 31 heavy (non-hydrogen) atoms. The number of ether oxygens (including phenoxy) is 1. The number of hydrogen-bond donors (Lipinski definition) is 0. The van der Waals surface area contributed by atoms with Crippen molar-refractivity contribution < 1.29 is 17.5 Å². The van der Waals surface area contributed by atoms with Gasteiger partial charge in [0.2, 0.25) is 5.90 Å². The second-order valence-electron chi connectivity index (χ2n) is 10.1. The Bertz CT molecular complexity index is 1100. The molecule has 1 aliphatic rings. The third-order valence-electron chi connectivity index (χ3n) is 6.48. The lowest BCUT2D eigenvalue weighted by molar-refractivity contribution is 0.0427. The van der Waals surface area contributed by atoms with Gasteiger partial charge in [-0.2, -0.15) is 0 Å². The Hall–Kier alpha value is -2.21. The van der Waals surface area contributed by atoms with Gasteiger partial charge in [0.1, 0.15) is 11.4 Å². The maximum absolute atomic E-state index is 14.2. The summed E-state index contributed by atoms with van der Waals surface area (Å²) in [7, 11) is -3.95. The normalized spacial score (nSPS) is 23.5. The highest BCUT2D eigenvalue weighted by molar-refractivity contribution is 7.91. The van der Waals surface area contributed by atoms with Crippen molar-refractivity contribution in [3.05, 3.63) is 71.0 Å². The number of hydrogen-bond acceptors (Lipinski definition) is 3. The average molecular weight is 446 g/mol. The molecular weight excluding hydrogens is 413 g/mol. The van der Waals surface area contributed by atoms with Gasteiger partial charge < -0.3 is 4.74 Å². The molecule has 2 aromatic carbocycles. The fourth-order valence-electron chi connectivity index (χ4n) is 4.06. The van der Waals surface area contributed by atoms with Crippen LogP contribution in [0.25, 0.3) is 0 Å². The first kappa shape index (κ1) is 23.5. The van der Waals surface area contributed by atoms with E-state index in [4.69, 9.17) is 4.74 Å². The van der Waals surface area contributed by atoms with Crippen LogP contribution < -0.4 is 0 Å². The van der Waals surface area contributed by atoms with Gasteiger partial charge in [0.05, 0.1) is 0 Å². The Morgan fingerprint density at radius 2 is 1.61 bits per heavy atom. The molecule has 0 bridgehead atoms. The van der Waals surface area contributed by atoms with Crippen LogP contribution in [0, 0.1) is 5.82 Å².